The van der Waals surface area contributed by atoms with Crippen LogP contribution in [-0.2, 0) is 11.2 Å². The van der Waals surface area contributed by atoms with Crippen LogP contribution in [0.15, 0.2) is 54.9 Å². The lowest BCUT2D eigenvalue weighted by molar-refractivity contribution is -0.162. The minimum Gasteiger partial charge on any atom is -0.481 e. The average Bonchev–Trinajstić information content (AvgIpc) is 2.70. The summed E-state index contributed by atoms with van der Waals surface area (Å²) < 4.78 is 0. The highest BCUT2D eigenvalue weighted by atomic mass is 16.4. The van der Waals surface area contributed by atoms with E-state index in [-0.39, 0.29) is 18.9 Å². The van der Waals surface area contributed by atoms with Gasteiger partial charge in [0.1, 0.15) is 5.41 Å². The normalized spacial score (nSPS) is 22.4. The minimum absolute atomic E-state index is 0.0133. The highest BCUT2D eigenvalue weighted by molar-refractivity contribution is 5.94. The van der Waals surface area contributed by atoms with Gasteiger partial charge in [0.2, 0.25) is 0 Å². The van der Waals surface area contributed by atoms with Gasteiger partial charge in [-0.15, -0.1) is 0 Å². The van der Waals surface area contributed by atoms with Crippen molar-refractivity contribution in [3.05, 3.63) is 66.0 Å². The van der Waals surface area contributed by atoms with Crippen molar-refractivity contribution in [2.45, 2.75) is 31.8 Å². The molecule has 0 unspecified atom stereocenters. The summed E-state index contributed by atoms with van der Waals surface area (Å²) in [6.07, 6.45) is 4.05. The topological polar surface area (TPSA) is 90.7 Å². The molecular formula is C21H24N2O4. The van der Waals surface area contributed by atoms with Crippen LogP contribution in [0.5, 0.6) is 0 Å². The number of aliphatic carboxylic acids is 1. The predicted molar refractivity (Wildman–Crippen MR) is 100 cm³/mol. The molecule has 0 radical (unpaired) electrons. The fourth-order valence-corrected chi connectivity index (χ4v) is 3.75. The van der Waals surface area contributed by atoms with Crippen LogP contribution in [0.2, 0.25) is 0 Å². The summed E-state index contributed by atoms with van der Waals surface area (Å²) in [7, 11) is 0. The van der Waals surface area contributed by atoms with E-state index in [0.717, 1.165) is 12.0 Å². The van der Waals surface area contributed by atoms with E-state index in [9.17, 15) is 19.8 Å². The number of hydrogen-bond acceptors (Lipinski definition) is 4. The van der Waals surface area contributed by atoms with E-state index >= 15 is 0 Å². The third-order valence-electron chi connectivity index (χ3n) is 5.35. The summed E-state index contributed by atoms with van der Waals surface area (Å²) in [5.41, 5.74) is 0.272. The number of rotatable bonds is 6. The zero-order valence-electron chi connectivity index (χ0n) is 15.1. The molecule has 0 spiro atoms. The first-order valence-corrected chi connectivity index (χ1v) is 9.17. The number of carboxylic acids is 1. The van der Waals surface area contributed by atoms with Crippen molar-refractivity contribution in [3.63, 3.8) is 0 Å². The summed E-state index contributed by atoms with van der Waals surface area (Å²) in [5.74, 6) is -1.27. The van der Waals surface area contributed by atoms with E-state index in [1.165, 1.54) is 12.4 Å². The maximum absolute atomic E-state index is 12.7. The van der Waals surface area contributed by atoms with Gasteiger partial charge in [-0.05, 0) is 43.4 Å². The summed E-state index contributed by atoms with van der Waals surface area (Å²) in [6.45, 7) is 0.357. The molecule has 0 saturated carbocycles. The molecule has 1 fully saturated rings. The number of amides is 1. The van der Waals surface area contributed by atoms with Crippen molar-refractivity contribution >= 4 is 11.9 Å². The molecule has 142 valence electrons. The second-order valence-electron chi connectivity index (χ2n) is 7.07. The number of pyridine rings is 1. The van der Waals surface area contributed by atoms with Crippen molar-refractivity contribution in [3.8, 4) is 0 Å². The van der Waals surface area contributed by atoms with Gasteiger partial charge in [-0.1, -0.05) is 30.3 Å². The quantitative estimate of drug-likeness (QED) is 0.817. The Hall–Kier alpha value is -2.73. The van der Waals surface area contributed by atoms with Gasteiger partial charge in [0.15, 0.2) is 0 Å². The van der Waals surface area contributed by atoms with Gasteiger partial charge in [0.25, 0.3) is 5.91 Å². The molecule has 1 aromatic carbocycles. The van der Waals surface area contributed by atoms with Crippen molar-refractivity contribution in [2.75, 3.05) is 13.1 Å². The zero-order chi connectivity index (χ0) is 19.3. The highest BCUT2D eigenvalue weighted by Crippen LogP contribution is 2.36. The lowest BCUT2D eigenvalue weighted by atomic mass is 9.73. The Morgan fingerprint density at radius 3 is 2.52 bits per heavy atom. The standard InChI is InChI=1S/C21H24N2O4/c24-18-10-14-23(19(25)17-8-12-22-13-9-17)15-21(18,20(26)27)11-4-7-16-5-2-1-3-6-16/h1-3,5-6,8-9,12-13,18,24H,4,7,10-11,14-15H2,(H,26,27)/t18-,21-/m1/s1. The van der Waals surface area contributed by atoms with E-state index in [1.807, 2.05) is 30.3 Å². The molecule has 27 heavy (non-hydrogen) atoms. The molecule has 2 atom stereocenters. The van der Waals surface area contributed by atoms with Crippen LogP contribution in [0.3, 0.4) is 0 Å². The third-order valence-corrected chi connectivity index (χ3v) is 5.35. The van der Waals surface area contributed by atoms with E-state index < -0.39 is 17.5 Å². The van der Waals surface area contributed by atoms with E-state index in [1.54, 1.807) is 17.0 Å². The van der Waals surface area contributed by atoms with Crippen LogP contribution in [0, 0.1) is 5.41 Å². The van der Waals surface area contributed by atoms with Crippen LogP contribution < -0.4 is 0 Å². The molecule has 6 nitrogen and oxygen atoms in total. The predicted octanol–water partition coefficient (Wildman–Crippen LogP) is 2.38. The number of likely N-dealkylation sites (tertiary alicyclic amines) is 1. The lowest BCUT2D eigenvalue weighted by Gasteiger charge is -2.43. The zero-order valence-corrected chi connectivity index (χ0v) is 15.1. The first-order chi connectivity index (χ1) is 13.0. The van der Waals surface area contributed by atoms with Gasteiger partial charge in [0.05, 0.1) is 6.10 Å². The van der Waals surface area contributed by atoms with Gasteiger partial charge in [-0.2, -0.15) is 0 Å². The number of carbonyl (C=O) groups is 2. The van der Waals surface area contributed by atoms with Crippen LogP contribution in [0.4, 0.5) is 0 Å². The first kappa shape index (κ1) is 19.0. The Bertz CT molecular complexity index is 781. The van der Waals surface area contributed by atoms with Gasteiger partial charge >= 0.3 is 5.97 Å². The monoisotopic (exact) mass is 368 g/mol. The number of aromatic nitrogens is 1. The molecule has 1 amide bonds. The van der Waals surface area contributed by atoms with Crippen molar-refractivity contribution in [1.82, 2.24) is 9.88 Å². The molecule has 3 rings (SSSR count). The number of carbonyl (C=O) groups excluding carboxylic acids is 1. The van der Waals surface area contributed by atoms with Gasteiger partial charge in [0, 0.05) is 31.0 Å². The Morgan fingerprint density at radius 1 is 1.15 bits per heavy atom. The number of nitrogens with zero attached hydrogens (tertiary/aromatic N) is 2. The van der Waals surface area contributed by atoms with E-state index in [2.05, 4.69) is 4.98 Å². The summed E-state index contributed by atoms with van der Waals surface area (Å²) in [5, 5.41) is 20.4. The molecule has 1 aliphatic heterocycles. The average molecular weight is 368 g/mol. The lowest BCUT2D eigenvalue weighted by Crippen LogP contribution is -2.57. The van der Waals surface area contributed by atoms with Crippen molar-refractivity contribution in [1.29, 1.82) is 0 Å². The number of benzene rings is 1. The number of carboxylic acid groups (broad SMARTS) is 1. The Morgan fingerprint density at radius 2 is 1.85 bits per heavy atom. The van der Waals surface area contributed by atoms with E-state index in [4.69, 9.17) is 0 Å². The number of aryl methyl sites for hydroxylation is 1. The highest BCUT2D eigenvalue weighted by Gasteiger charge is 2.49. The number of piperidine rings is 1. The number of aliphatic hydroxyl groups is 1. The smallest absolute Gasteiger partial charge is 0.314 e. The molecule has 0 bridgehead atoms. The Balaban J connectivity index is 1.73. The number of hydrogen-bond donors (Lipinski definition) is 2. The first-order valence-electron chi connectivity index (χ1n) is 9.17. The molecule has 1 aliphatic rings. The SMILES string of the molecule is O=C(c1ccncc1)N1CC[C@@H](O)[C@](CCCc2ccccc2)(C(=O)O)C1. The third kappa shape index (κ3) is 4.17. The molecule has 1 saturated heterocycles. The minimum atomic E-state index is -1.34. The number of aliphatic hydroxyl groups excluding tert-OH is 1. The van der Waals surface area contributed by atoms with Crippen LogP contribution in [0.25, 0.3) is 0 Å². The summed E-state index contributed by atoms with van der Waals surface area (Å²) in [4.78, 5) is 30.3. The fourth-order valence-electron chi connectivity index (χ4n) is 3.75. The van der Waals surface area contributed by atoms with E-state index in [0.29, 0.717) is 24.9 Å². The summed E-state index contributed by atoms with van der Waals surface area (Å²) in [6, 6.07) is 13.1. The van der Waals surface area contributed by atoms with Crippen molar-refractivity contribution in [2.24, 2.45) is 5.41 Å². The Labute approximate surface area is 158 Å². The molecule has 2 N–H and O–H groups in total. The molecule has 2 aromatic rings. The van der Waals surface area contributed by atoms with Gasteiger partial charge < -0.3 is 15.1 Å². The second kappa shape index (κ2) is 8.31. The largest absolute Gasteiger partial charge is 0.481 e. The van der Waals surface area contributed by atoms with Crippen LogP contribution in [0.1, 0.15) is 35.2 Å². The summed E-state index contributed by atoms with van der Waals surface area (Å²) >= 11 is 0. The second-order valence-corrected chi connectivity index (χ2v) is 7.07. The maximum Gasteiger partial charge on any atom is 0.314 e. The molecule has 2 heterocycles. The van der Waals surface area contributed by atoms with Crippen LogP contribution in [-0.4, -0.2) is 51.2 Å². The fraction of sp³-hybridized carbons (Fsp3) is 0.381. The van der Waals surface area contributed by atoms with Crippen molar-refractivity contribution < 1.29 is 19.8 Å². The molecule has 6 heteroatoms. The van der Waals surface area contributed by atoms with Crippen LogP contribution >= 0.6 is 0 Å². The van der Waals surface area contributed by atoms with Gasteiger partial charge in [-0.3, -0.25) is 14.6 Å². The molecular weight excluding hydrogens is 344 g/mol. The maximum atomic E-state index is 12.7. The molecule has 1 aromatic heterocycles. The Kier molecular flexibility index (Phi) is 5.86. The van der Waals surface area contributed by atoms with Gasteiger partial charge in [-0.25, -0.2) is 0 Å². The molecule has 0 aliphatic carbocycles.